The van der Waals surface area contributed by atoms with Crippen molar-refractivity contribution in [3.05, 3.63) is 22.9 Å². The standard InChI is InChI=1S/C18H33N3/c1-8-14(5)12-21(9-2)18-17(11-19-13(3)4)15(6)10-16(7)20-18/h10,13-14,19H,8-9,11-12H2,1-7H3. The molecule has 0 radical (unpaired) electrons. The van der Waals surface area contributed by atoms with Crippen LogP contribution in [0.4, 0.5) is 5.82 Å². The Morgan fingerprint density at radius 1 is 1.19 bits per heavy atom. The fourth-order valence-corrected chi connectivity index (χ4v) is 2.50. The Hall–Kier alpha value is -1.09. The molecule has 3 nitrogen and oxygen atoms in total. The fraction of sp³-hybridized carbons (Fsp3) is 0.722. The Bertz CT molecular complexity index is 440. The van der Waals surface area contributed by atoms with Crippen LogP contribution >= 0.6 is 0 Å². The maximum Gasteiger partial charge on any atom is 0.133 e. The lowest BCUT2D eigenvalue weighted by atomic mass is 10.1. The van der Waals surface area contributed by atoms with Crippen LogP contribution in [-0.4, -0.2) is 24.1 Å². The molecular weight excluding hydrogens is 258 g/mol. The van der Waals surface area contributed by atoms with Crippen molar-refractivity contribution < 1.29 is 0 Å². The second-order valence-electron chi connectivity index (χ2n) is 6.47. The maximum absolute atomic E-state index is 4.86. The highest BCUT2D eigenvalue weighted by Gasteiger charge is 2.16. The molecule has 0 bridgehead atoms. The highest BCUT2D eigenvalue weighted by atomic mass is 15.2. The van der Waals surface area contributed by atoms with Crippen molar-refractivity contribution in [3.63, 3.8) is 0 Å². The van der Waals surface area contributed by atoms with Gasteiger partial charge in [-0.1, -0.05) is 34.1 Å². The van der Waals surface area contributed by atoms with Gasteiger partial charge in [-0.3, -0.25) is 0 Å². The zero-order chi connectivity index (χ0) is 16.0. The number of aromatic nitrogens is 1. The molecule has 1 N–H and O–H groups in total. The quantitative estimate of drug-likeness (QED) is 0.782. The minimum atomic E-state index is 0.489. The topological polar surface area (TPSA) is 28.2 Å². The summed E-state index contributed by atoms with van der Waals surface area (Å²) in [6, 6.07) is 2.68. The van der Waals surface area contributed by atoms with Crippen LogP contribution in [0.5, 0.6) is 0 Å². The van der Waals surface area contributed by atoms with Gasteiger partial charge in [0.15, 0.2) is 0 Å². The van der Waals surface area contributed by atoms with E-state index >= 15 is 0 Å². The summed E-state index contributed by atoms with van der Waals surface area (Å²) in [7, 11) is 0. The molecule has 0 fully saturated rings. The molecule has 0 aliphatic rings. The van der Waals surface area contributed by atoms with Crippen LogP contribution in [0.1, 0.15) is 57.9 Å². The van der Waals surface area contributed by atoms with Crippen LogP contribution in [0.25, 0.3) is 0 Å². The molecular formula is C18H33N3. The Morgan fingerprint density at radius 3 is 2.38 bits per heavy atom. The van der Waals surface area contributed by atoms with E-state index in [0.717, 1.165) is 25.3 Å². The highest BCUT2D eigenvalue weighted by molar-refractivity contribution is 5.51. The van der Waals surface area contributed by atoms with Crippen LogP contribution in [0, 0.1) is 19.8 Å². The molecule has 0 saturated carbocycles. The van der Waals surface area contributed by atoms with Crippen molar-refractivity contribution in [1.82, 2.24) is 10.3 Å². The number of pyridine rings is 1. The first-order chi connectivity index (χ1) is 9.88. The monoisotopic (exact) mass is 291 g/mol. The normalized spacial score (nSPS) is 12.8. The molecule has 1 aromatic heterocycles. The molecule has 0 amide bonds. The number of aryl methyl sites for hydroxylation is 2. The van der Waals surface area contributed by atoms with Gasteiger partial charge in [0.05, 0.1) is 0 Å². The van der Waals surface area contributed by atoms with E-state index in [-0.39, 0.29) is 0 Å². The van der Waals surface area contributed by atoms with E-state index in [0.29, 0.717) is 12.0 Å². The molecule has 0 saturated heterocycles. The van der Waals surface area contributed by atoms with E-state index < -0.39 is 0 Å². The Balaban J connectivity index is 3.11. The minimum Gasteiger partial charge on any atom is -0.356 e. The van der Waals surface area contributed by atoms with Gasteiger partial charge in [-0.25, -0.2) is 4.98 Å². The lowest BCUT2D eigenvalue weighted by Gasteiger charge is -2.28. The number of hydrogen-bond donors (Lipinski definition) is 1. The van der Waals surface area contributed by atoms with Gasteiger partial charge < -0.3 is 10.2 Å². The number of rotatable bonds is 8. The number of nitrogens with one attached hydrogen (secondary N) is 1. The summed E-state index contributed by atoms with van der Waals surface area (Å²) in [5.41, 5.74) is 3.80. The average Bonchev–Trinajstić information content (AvgIpc) is 2.42. The van der Waals surface area contributed by atoms with Crippen LogP contribution in [0.3, 0.4) is 0 Å². The van der Waals surface area contributed by atoms with Gasteiger partial charge in [-0.2, -0.15) is 0 Å². The van der Waals surface area contributed by atoms with Gasteiger partial charge >= 0.3 is 0 Å². The summed E-state index contributed by atoms with van der Waals surface area (Å²) in [5, 5.41) is 3.54. The molecule has 1 heterocycles. The molecule has 120 valence electrons. The van der Waals surface area contributed by atoms with E-state index in [1.165, 1.54) is 23.4 Å². The SMILES string of the molecule is CCC(C)CN(CC)c1nc(C)cc(C)c1CNC(C)C. The van der Waals surface area contributed by atoms with E-state index in [2.05, 4.69) is 64.7 Å². The smallest absolute Gasteiger partial charge is 0.133 e. The summed E-state index contributed by atoms with van der Waals surface area (Å²) in [6.45, 7) is 18.4. The van der Waals surface area contributed by atoms with Gasteiger partial charge in [0, 0.05) is 36.9 Å². The van der Waals surface area contributed by atoms with Gasteiger partial charge in [-0.15, -0.1) is 0 Å². The summed E-state index contributed by atoms with van der Waals surface area (Å²) < 4.78 is 0. The van der Waals surface area contributed by atoms with Crippen LogP contribution in [-0.2, 0) is 6.54 Å². The molecule has 3 heteroatoms. The molecule has 1 rings (SSSR count). The molecule has 1 atom stereocenters. The highest BCUT2D eigenvalue weighted by Crippen LogP contribution is 2.24. The molecule has 21 heavy (non-hydrogen) atoms. The molecule has 0 aliphatic carbocycles. The van der Waals surface area contributed by atoms with E-state index in [1.54, 1.807) is 0 Å². The third-order valence-electron chi connectivity index (χ3n) is 4.05. The van der Waals surface area contributed by atoms with Crippen LogP contribution in [0.15, 0.2) is 6.07 Å². The lowest BCUT2D eigenvalue weighted by molar-refractivity contribution is 0.540. The molecule has 0 spiro atoms. The number of anilines is 1. The summed E-state index contributed by atoms with van der Waals surface area (Å²) in [5.74, 6) is 1.86. The third kappa shape index (κ3) is 5.31. The molecule has 0 aliphatic heterocycles. The van der Waals surface area contributed by atoms with Gasteiger partial charge in [-0.05, 0) is 38.3 Å². The number of hydrogen-bond acceptors (Lipinski definition) is 3. The molecule has 1 unspecified atom stereocenters. The summed E-state index contributed by atoms with van der Waals surface area (Å²) in [4.78, 5) is 7.29. The first kappa shape index (κ1) is 18.0. The second-order valence-corrected chi connectivity index (χ2v) is 6.47. The van der Waals surface area contributed by atoms with Crippen LogP contribution in [0.2, 0.25) is 0 Å². The summed E-state index contributed by atoms with van der Waals surface area (Å²) in [6.07, 6.45) is 1.21. The van der Waals surface area contributed by atoms with Crippen molar-refractivity contribution in [2.75, 3.05) is 18.0 Å². The third-order valence-corrected chi connectivity index (χ3v) is 4.05. The minimum absolute atomic E-state index is 0.489. The summed E-state index contributed by atoms with van der Waals surface area (Å²) >= 11 is 0. The zero-order valence-electron chi connectivity index (χ0n) is 15.0. The predicted molar refractivity (Wildman–Crippen MR) is 93.0 cm³/mol. The van der Waals surface area contributed by atoms with Crippen molar-refractivity contribution in [3.8, 4) is 0 Å². The van der Waals surface area contributed by atoms with E-state index in [9.17, 15) is 0 Å². The first-order valence-corrected chi connectivity index (χ1v) is 8.34. The Morgan fingerprint density at radius 2 is 1.86 bits per heavy atom. The van der Waals surface area contributed by atoms with Crippen molar-refractivity contribution >= 4 is 5.82 Å². The van der Waals surface area contributed by atoms with Crippen molar-refractivity contribution in [1.29, 1.82) is 0 Å². The van der Waals surface area contributed by atoms with E-state index in [1.807, 2.05) is 0 Å². The molecule has 1 aromatic rings. The maximum atomic E-state index is 4.86. The van der Waals surface area contributed by atoms with Crippen molar-refractivity contribution in [2.45, 2.75) is 67.5 Å². The van der Waals surface area contributed by atoms with Gasteiger partial charge in [0.25, 0.3) is 0 Å². The fourth-order valence-electron chi connectivity index (χ4n) is 2.50. The lowest BCUT2D eigenvalue weighted by Crippen LogP contribution is -2.32. The first-order valence-electron chi connectivity index (χ1n) is 8.34. The average molecular weight is 291 g/mol. The Kier molecular flexibility index (Phi) is 7.16. The predicted octanol–water partition coefficient (Wildman–Crippen LogP) is 4.07. The zero-order valence-corrected chi connectivity index (χ0v) is 15.0. The van der Waals surface area contributed by atoms with Crippen molar-refractivity contribution in [2.24, 2.45) is 5.92 Å². The van der Waals surface area contributed by atoms with Crippen LogP contribution < -0.4 is 10.2 Å². The molecule has 0 aromatic carbocycles. The Labute approximate surface area is 131 Å². The number of nitrogens with zero attached hydrogens (tertiary/aromatic N) is 2. The largest absolute Gasteiger partial charge is 0.356 e. The van der Waals surface area contributed by atoms with Gasteiger partial charge in [0.1, 0.15) is 5.82 Å². The second kappa shape index (κ2) is 8.38. The van der Waals surface area contributed by atoms with Gasteiger partial charge in [0.2, 0.25) is 0 Å². The van der Waals surface area contributed by atoms with E-state index in [4.69, 9.17) is 4.98 Å².